The molecule has 1 saturated heterocycles. The molecule has 1 aliphatic heterocycles. The molecule has 1 heterocycles. The Balaban J connectivity index is 2.37. The van der Waals surface area contributed by atoms with Gasteiger partial charge in [0.25, 0.3) is 0 Å². The van der Waals surface area contributed by atoms with Crippen LogP contribution in [-0.2, 0) is 4.74 Å². The Bertz CT molecular complexity index is 93.0. The van der Waals surface area contributed by atoms with Gasteiger partial charge in [-0.1, -0.05) is 0 Å². The van der Waals surface area contributed by atoms with E-state index in [0.29, 0.717) is 5.12 Å². The lowest BCUT2D eigenvalue weighted by Crippen LogP contribution is -2.43. The third-order valence-corrected chi connectivity index (χ3v) is 5.85. The normalized spacial score (nSPS) is 36.9. The summed E-state index contributed by atoms with van der Waals surface area (Å²) in [5.74, 6) is 0. The summed E-state index contributed by atoms with van der Waals surface area (Å²) in [7, 11) is 2.38. The first-order valence-electron chi connectivity index (χ1n) is 3.71. The Morgan fingerprint density at radius 2 is 2.22 bits per heavy atom. The van der Waals surface area contributed by atoms with Crippen LogP contribution >= 0.6 is 0 Å². The summed E-state index contributed by atoms with van der Waals surface area (Å²) in [5.41, 5.74) is 0. The van der Waals surface area contributed by atoms with Crippen LogP contribution in [0.5, 0.6) is 0 Å². The molecular weight excluding hydrogens is 143 g/mol. The van der Waals surface area contributed by atoms with Crippen LogP contribution in [0, 0.1) is 0 Å². The Hall–Kier alpha value is 0.459. The van der Waals surface area contributed by atoms with E-state index in [4.69, 9.17) is 4.74 Å². The molecule has 1 fully saturated rings. The average molecular weight is 157 g/mol. The molecule has 0 spiro atoms. The predicted octanol–water partition coefficient (Wildman–Crippen LogP) is -1.81. The van der Waals surface area contributed by atoms with Gasteiger partial charge < -0.3 is 4.74 Å². The molecule has 0 aromatic carbocycles. The van der Waals surface area contributed by atoms with Gasteiger partial charge in [-0.25, -0.2) is 0 Å². The van der Waals surface area contributed by atoms with Crippen molar-refractivity contribution in [3.8, 4) is 0 Å². The summed E-state index contributed by atoms with van der Waals surface area (Å²) in [6.45, 7) is 3.36. The molecule has 1 atom stereocenters. The van der Waals surface area contributed by atoms with Gasteiger partial charge in [-0.2, -0.15) is 0 Å². The molecule has 1 nitrogen and oxygen atoms in total. The quantitative estimate of drug-likeness (QED) is 0.408. The molecular formula is C5H14BOSi2. The molecule has 0 amide bonds. The molecule has 9 heavy (non-hydrogen) atoms. The highest BCUT2D eigenvalue weighted by Gasteiger charge is 2.24. The lowest BCUT2D eigenvalue weighted by molar-refractivity contribution is 0.0373. The van der Waals surface area contributed by atoms with E-state index in [1.54, 1.807) is 0 Å². The average Bonchev–Trinajstić information content (AvgIpc) is 1.90. The SMILES string of the molecule is [SiH3][B]C1([SiH3])CCCCO1. The second-order valence-electron chi connectivity index (χ2n) is 2.91. The van der Waals surface area contributed by atoms with Crippen molar-refractivity contribution < 1.29 is 4.74 Å². The highest BCUT2D eigenvalue weighted by molar-refractivity contribution is 6.94. The predicted molar refractivity (Wildman–Crippen MR) is 48.2 cm³/mol. The van der Waals surface area contributed by atoms with Crippen molar-refractivity contribution in [2.24, 2.45) is 0 Å². The van der Waals surface area contributed by atoms with Gasteiger partial charge in [-0.05, 0) is 29.4 Å². The molecule has 0 saturated carbocycles. The second-order valence-corrected chi connectivity index (χ2v) is 5.18. The largest absolute Gasteiger partial charge is 0.389 e. The first-order valence-corrected chi connectivity index (χ1v) is 5.87. The van der Waals surface area contributed by atoms with E-state index >= 15 is 0 Å². The summed E-state index contributed by atoms with van der Waals surface area (Å²) >= 11 is 0. The molecule has 51 valence electrons. The summed E-state index contributed by atoms with van der Waals surface area (Å²) in [6.07, 6.45) is 3.95. The van der Waals surface area contributed by atoms with Crippen LogP contribution < -0.4 is 0 Å². The lowest BCUT2D eigenvalue weighted by Gasteiger charge is -2.32. The van der Waals surface area contributed by atoms with E-state index in [1.165, 1.54) is 39.6 Å². The van der Waals surface area contributed by atoms with Crippen LogP contribution in [0.3, 0.4) is 0 Å². The van der Waals surface area contributed by atoms with Crippen molar-refractivity contribution in [1.82, 2.24) is 0 Å². The molecule has 1 rings (SSSR count). The molecule has 0 N–H and O–H groups in total. The molecule has 1 unspecified atom stereocenters. The zero-order valence-corrected chi connectivity index (χ0v) is 10.3. The van der Waals surface area contributed by atoms with Gasteiger partial charge in [0, 0.05) is 22.0 Å². The van der Waals surface area contributed by atoms with E-state index in [9.17, 15) is 0 Å². The molecule has 4 heteroatoms. The van der Waals surface area contributed by atoms with Crippen molar-refractivity contribution in [3.63, 3.8) is 0 Å². The van der Waals surface area contributed by atoms with Gasteiger partial charge in [0.15, 0.2) is 0 Å². The number of rotatable bonds is 1. The number of hydrogen-bond donors (Lipinski definition) is 0. The Kier molecular flexibility index (Phi) is 2.55. The zero-order chi connectivity index (χ0) is 6.74. The first-order chi connectivity index (χ1) is 4.27. The van der Waals surface area contributed by atoms with Crippen LogP contribution in [-0.4, -0.2) is 39.0 Å². The van der Waals surface area contributed by atoms with Gasteiger partial charge in [0.1, 0.15) is 6.87 Å². The smallest absolute Gasteiger partial charge is 0.129 e. The molecule has 1 aliphatic rings. The number of hydrogen-bond acceptors (Lipinski definition) is 1. The topological polar surface area (TPSA) is 9.23 Å². The van der Waals surface area contributed by atoms with E-state index in [-0.39, 0.29) is 0 Å². The summed E-state index contributed by atoms with van der Waals surface area (Å²) in [4.78, 5) is 0. The number of ether oxygens (including phenoxy) is 1. The van der Waals surface area contributed by atoms with Crippen molar-refractivity contribution in [2.45, 2.75) is 24.4 Å². The molecule has 0 aromatic heterocycles. The maximum Gasteiger partial charge on any atom is 0.129 e. The van der Waals surface area contributed by atoms with Gasteiger partial charge in [-0.3, -0.25) is 0 Å². The van der Waals surface area contributed by atoms with Crippen molar-refractivity contribution in [3.05, 3.63) is 0 Å². The fourth-order valence-electron chi connectivity index (χ4n) is 1.18. The van der Waals surface area contributed by atoms with Crippen LogP contribution in [0.15, 0.2) is 0 Å². The standard InChI is InChI=1S/C5H14BOSi2/c8-5(6-9)3-1-2-4-7-5/h1-4H2,8-9H3. The maximum absolute atomic E-state index is 5.66. The minimum atomic E-state index is 0.296. The molecule has 0 bridgehead atoms. The van der Waals surface area contributed by atoms with E-state index in [1.807, 2.05) is 0 Å². The van der Waals surface area contributed by atoms with E-state index in [0.717, 1.165) is 6.61 Å². The second kappa shape index (κ2) is 3.03. The fourth-order valence-corrected chi connectivity index (χ4v) is 2.20. The maximum atomic E-state index is 5.66. The van der Waals surface area contributed by atoms with Crippen LogP contribution in [0.25, 0.3) is 0 Å². The summed E-state index contributed by atoms with van der Waals surface area (Å²) < 4.78 is 5.66. The van der Waals surface area contributed by atoms with Gasteiger partial charge in [0.05, 0.1) is 0 Å². The van der Waals surface area contributed by atoms with Gasteiger partial charge in [-0.15, -0.1) is 0 Å². The summed E-state index contributed by atoms with van der Waals surface area (Å²) in [6, 6.07) is 0. The van der Waals surface area contributed by atoms with E-state index in [2.05, 4.69) is 6.87 Å². The highest BCUT2D eigenvalue weighted by atomic mass is 28.2. The summed E-state index contributed by atoms with van der Waals surface area (Å²) in [5, 5.41) is 0.296. The van der Waals surface area contributed by atoms with Gasteiger partial charge >= 0.3 is 0 Å². The van der Waals surface area contributed by atoms with Crippen molar-refractivity contribution in [1.29, 1.82) is 0 Å². The van der Waals surface area contributed by atoms with Crippen molar-refractivity contribution in [2.75, 3.05) is 6.61 Å². The molecule has 1 radical (unpaired) electrons. The third kappa shape index (κ3) is 1.95. The Morgan fingerprint density at radius 3 is 2.56 bits per heavy atom. The zero-order valence-electron chi connectivity index (χ0n) is 6.31. The van der Waals surface area contributed by atoms with Crippen LogP contribution in [0.2, 0.25) is 0 Å². The third-order valence-electron chi connectivity index (χ3n) is 2.11. The molecule has 0 aromatic rings. The molecule has 0 aliphatic carbocycles. The van der Waals surface area contributed by atoms with Crippen LogP contribution in [0.1, 0.15) is 19.3 Å². The first kappa shape index (κ1) is 7.56. The minimum absolute atomic E-state index is 0.296. The lowest BCUT2D eigenvalue weighted by atomic mass is 9.89. The Labute approximate surface area is 63.6 Å². The fraction of sp³-hybridized carbons (Fsp3) is 1.00. The minimum Gasteiger partial charge on any atom is -0.389 e. The monoisotopic (exact) mass is 157 g/mol. The Morgan fingerprint density at radius 1 is 1.44 bits per heavy atom. The van der Waals surface area contributed by atoms with E-state index < -0.39 is 0 Å². The van der Waals surface area contributed by atoms with Gasteiger partial charge in [0.2, 0.25) is 0 Å². The van der Waals surface area contributed by atoms with Crippen molar-refractivity contribution >= 4 is 27.2 Å². The van der Waals surface area contributed by atoms with Crippen LogP contribution in [0.4, 0.5) is 0 Å². The highest BCUT2D eigenvalue weighted by Crippen LogP contribution is 2.19.